The van der Waals surface area contributed by atoms with Gasteiger partial charge in [-0.15, -0.1) is 0 Å². The summed E-state index contributed by atoms with van der Waals surface area (Å²) in [6, 6.07) is 11.4. The van der Waals surface area contributed by atoms with Crippen molar-refractivity contribution in [2.24, 2.45) is 5.73 Å². The summed E-state index contributed by atoms with van der Waals surface area (Å²) < 4.78 is 5.30. The summed E-state index contributed by atoms with van der Waals surface area (Å²) >= 11 is 0. The molecular weight excluding hydrogens is 264 g/mol. The van der Waals surface area contributed by atoms with Gasteiger partial charge in [0.2, 0.25) is 5.91 Å². The first-order chi connectivity index (χ1) is 10.0. The van der Waals surface area contributed by atoms with Crippen LogP contribution in [0.25, 0.3) is 0 Å². The van der Waals surface area contributed by atoms with Crippen LogP contribution in [0, 0.1) is 13.8 Å². The molecule has 2 rings (SSSR count). The van der Waals surface area contributed by atoms with E-state index in [1.807, 2.05) is 0 Å². The summed E-state index contributed by atoms with van der Waals surface area (Å²) in [6.07, 6.45) is 0. The summed E-state index contributed by atoms with van der Waals surface area (Å²) in [5.41, 5.74) is 10.2. The van der Waals surface area contributed by atoms with Gasteiger partial charge < -0.3 is 15.8 Å². The SMILES string of the molecule is COc1ccc(C(N)=O)cc1NCc1ccc(C)c(C)c1. The second kappa shape index (κ2) is 6.31. The van der Waals surface area contributed by atoms with Gasteiger partial charge in [0, 0.05) is 12.1 Å². The molecule has 0 aromatic heterocycles. The molecule has 0 heterocycles. The van der Waals surface area contributed by atoms with E-state index in [1.54, 1.807) is 25.3 Å². The highest BCUT2D eigenvalue weighted by Gasteiger charge is 2.07. The maximum atomic E-state index is 11.3. The van der Waals surface area contributed by atoms with Crippen LogP contribution in [0.3, 0.4) is 0 Å². The zero-order valence-corrected chi connectivity index (χ0v) is 12.6. The van der Waals surface area contributed by atoms with Gasteiger partial charge in [-0.2, -0.15) is 0 Å². The van der Waals surface area contributed by atoms with Crippen molar-refractivity contribution in [1.29, 1.82) is 0 Å². The van der Waals surface area contributed by atoms with Crippen molar-refractivity contribution in [1.82, 2.24) is 0 Å². The van der Waals surface area contributed by atoms with Crippen molar-refractivity contribution in [2.45, 2.75) is 20.4 Å². The topological polar surface area (TPSA) is 64.3 Å². The van der Waals surface area contributed by atoms with E-state index in [-0.39, 0.29) is 0 Å². The fraction of sp³-hybridized carbons (Fsp3) is 0.235. The fourth-order valence-corrected chi connectivity index (χ4v) is 2.11. The smallest absolute Gasteiger partial charge is 0.248 e. The predicted octanol–water partition coefficient (Wildman–Crippen LogP) is 3.02. The van der Waals surface area contributed by atoms with Gasteiger partial charge in [-0.3, -0.25) is 4.79 Å². The number of amides is 1. The molecule has 110 valence electrons. The number of nitrogens with one attached hydrogen (secondary N) is 1. The van der Waals surface area contributed by atoms with Crippen LogP contribution in [0.5, 0.6) is 5.75 Å². The molecule has 0 spiro atoms. The Hall–Kier alpha value is -2.49. The van der Waals surface area contributed by atoms with Crippen molar-refractivity contribution in [3.63, 3.8) is 0 Å². The summed E-state index contributed by atoms with van der Waals surface area (Å²) in [6.45, 7) is 4.83. The molecule has 0 radical (unpaired) electrons. The number of ether oxygens (including phenoxy) is 1. The van der Waals surface area contributed by atoms with Gasteiger partial charge in [0.1, 0.15) is 5.75 Å². The summed E-state index contributed by atoms with van der Waals surface area (Å²) in [5, 5.41) is 3.29. The van der Waals surface area contributed by atoms with Crippen LogP contribution in [-0.2, 0) is 6.54 Å². The Kier molecular flexibility index (Phi) is 4.48. The molecule has 0 saturated heterocycles. The minimum absolute atomic E-state index is 0.452. The normalized spacial score (nSPS) is 10.2. The highest BCUT2D eigenvalue weighted by atomic mass is 16.5. The van der Waals surface area contributed by atoms with Gasteiger partial charge in [-0.1, -0.05) is 18.2 Å². The molecule has 0 aliphatic rings. The third-order valence-corrected chi connectivity index (χ3v) is 3.54. The number of carbonyl (C=O) groups is 1. The van der Waals surface area contributed by atoms with Gasteiger partial charge >= 0.3 is 0 Å². The monoisotopic (exact) mass is 284 g/mol. The Morgan fingerprint density at radius 1 is 1.14 bits per heavy atom. The predicted molar refractivity (Wildman–Crippen MR) is 84.8 cm³/mol. The van der Waals surface area contributed by atoms with Crippen LogP contribution in [0.4, 0.5) is 5.69 Å². The summed E-state index contributed by atoms with van der Waals surface area (Å²) in [7, 11) is 1.60. The number of carbonyl (C=O) groups excluding carboxylic acids is 1. The lowest BCUT2D eigenvalue weighted by atomic mass is 10.1. The summed E-state index contributed by atoms with van der Waals surface area (Å²) in [5.74, 6) is 0.232. The molecule has 0 atom stereocenters. The number of hydrogen-bond acceptors (Lipinski definition) is 3. The van der Waals surface area contributed by atoms with Gasteiger partial charge in [-0.05, 0) is 48.7 Å². The van der Waals surface area contributed by atoms with Gasteiger partial charge in [-0.25, -0.2) is 0 Å². The van der Waals surface area contributed by atoms with Crippen molar-refractivity contribution in [3.05, 3.63) is 58.7 Å². The Labute approximate surface area is 124 Å². The van der Waals surface area contributed by atoms with E-state index in [2.05, 4.69) is 37.4 Å². The van der Waals surface area contributed by atoms with Crippen LogP contribution in [-0.4, -0.2) is 13.0 Å². The first-order valence-electron chi connectivity index (χ1n) is 6.79. The lowest BCUT2D eigenvalue weighted by Gasteiger charge is -2.13. The molecule has 2 aromatic rings. The highest BCUT2D eigenvalue weighted by molar-refractivity contribution is 5.94. The first-order valence-corrected chi connectivity index (χ1v) is 6.79. The zero-order valence-electron chi connectivity index (χ0n) is 12.6. The lowest BCUT2D eigenvalue weighted by molar-refractivity contribution is 0.100. The second-order valence-corrected chi connectivity index (χ2v) is 5.05. The molecule has 4 heteroatoms. The number of rotatable bonds is 5. The molecule has 2 aromatic carbocycles. The third kappa shape index (κ3) is 3.54. The van der Waals surface area contributed by atoms with E-state index in [9.17, 15) is 4.79 Å². The van der Waals surface area contributed by atoms with E-state index in [1.165, 1.54) is 16.7 Å². The van der Waals surface area contributed by atoms with Crippen LogP contribution < -0.4 is 15.8 Å². The maximum absolute atomic E-state index is 11.3. The molecule has 0 aliphatic heterocycles. The second-order valence-electron chi connectivity index (χ2n) is 5.05. The number of methoxy groups -OCH3 is 1. The Morgan fingerprint density at radius 2 is 1.90 bits per heavy atom. The van der Waals surface area contributed by atoms with Crippen LogP contribution in [0.2, 0.25) is 0 Å². The zero-order chi connectivity index (χ0) is 15.4. The molecule has 3 N–H and O–H groups in total. The minimum Gasteiger partial charge on any atom is -0.495 e. The van der Waals surface area contributed by atoms with E-state index in [4.69, 9.17) is 10.5 Å². The fourth-order valence-electron chi connectivity index (χ4n) is 2.11. The van der Waals surface area contributed by atoms with Crippen molar-refractivity contribution in [3.8, 4) is 5.75 Å². The molecule has 0 fully saturated rings. The average molecular weight is 284 g/mol. The molecule has 0 unspecified atom stereocenters. The van der Waals surface area contributed by atoms with Crippen molar-refractivity contribution < 1.29 is 9.53 Å². The van der Waals surface area contributed by atoms with Gasteiger partial charge in [0.05, 0.1) is 12.8 Å². The Morgan fingerprint density at radius 3 is 2.52 bits per heavy atom. The summed E-state index contributed by atoms with van der Waals surface area (Å²) in [4.78, 5) is 11.3. The average Bonchev–Trinajstić information content (AvgIpc) is 2.48. The van der Waals surface area contributed by atoms with Gasteiger partial charge in [0.25, 0.3) is 0 Å². The van der Waals surface area contributed by atoms with E-state index < -0.39 is 5.91 Å². The minimum atomic E-state index is -0.452. The number of hydrogen-bond donors (Lipinski definition) is 2. The third-order valence-electron chi connectivity index (χ3n) is 3.54. The Balaban J connectivity index is 2.19. The quantitative estimate of drug-likeness (QED) is 0.887. The number of aryl methyl sites for hydroxylation is 2. The van der Waals surface area contributed by atoms with E-state index in [0.29, 0.717) is 17.9 Å². The molecule has 1 amide bonds. The van der Waals surface area contributed by atoms with Crippen molar-refractivity contribution >= 4 is 11.6 Å². The standard InChI is InChI=1S/C17H20N2O2/c1-11-4-5-13(8-12(11)2)10-19-15-9-14(17(18)20)6-7-16(15)21-3/h4-9,19H,10H2,1-3H3,(H2,18,20). The van der Waals surface area contributed by atoms with Crippen LogP contribution in [0.1, 0.15) is 27.0 Å². The Bertz CT molecular complexity index is 666. The van der Waals surface area contributed by atoms with Crippen molar-refractivity contribution in [2.75, 3.05) is 12.4 Å². The maximum Gasteiger partial charge on any atom is 0.248 e. The lowest BCUT2D eigenvalue weighted by Crippen LogP contribution is -2.11. The largest absolute Gasteiger partial charge is 0.495 e. The number of primary amides is 1. The van der Waals surface area contributed by atoms with E-state index >= 15 is 0 Å². The molecule has 4 nitrogen and oxygen atoms in total. The molecule has 0 saturated carbocycles. The molecular formula is C17H20N2O2. The highest BCUT2D eigenvalue weighted by Crippen LogP contribution is 2.26. The molecule has 21 heavy (non-hydrogen) atoms. The number of nitrogens with two attached hydrogens (primary N) is 1. The van der Waals surface area contributed by atoms with Gasteiger partial charge in [0.15, 0.2) is 0 Å². The van der Waals surface area contributed by atoms with Crippen LogP contribution >= 0.6 is 0 Å². The first kappa shape index (κ1) is 14.9. The van der Waals surface area contributed by atoms with E-state index in [0.717, 1.165) is 5.69 Å². The molecule has 0 bridgehead atoms. The molecule has 0 aliphatic carbocycles. The van der Waals surface area contributed by atoms with Crippen LogP contribution in [0.15, 0.2) is 36.4 Å². The number of anilines is 1. The number of benzene rings is 2.